The Morgan fingerprint density at radius 3 is 2.75 bits per heavy atom. The molecule has 20 heavy (non-hydrogen) atoms. The number of anilines is 1. The fourth-order valence-electron chi connectivity index (χ4n) is 2.97. The number of halogens is 1. The van der Waals surface area contributed by atoms with Gasteiger partial charge in [0.2, 0.25) is 0 Å². The molecule has 1 saturated carbocycles. The van der Waals surface area contributed by atoms with Gasteiger partial charge in [-0.05, 0) is 30.9 Å². The van der Waals surface area contributed by atoms with Crippen LogP contribution in [-0.4, -0.2) is 35.9 Å². The van der Waals surface area contributed by atoms with Crippen molar-refractivity contribution in [3.63, 3.8) is 0 Å². The number of nitrogens with one attached hydrogen (secondary N) is 1. The highest BCUT2D eigenvalue weighted by Gasteiger charge is 2.28. The highest BCUT2D eigenvalue weighted by molar-refractivity contribution is 6.29. The Hall–Kier alpha value is -1.29. The van der Waals surface area contributed by atoms with Gasteiger partial charge in [0.25, 0.3) is 5.91 Å². The summed E-state index contributed by atoms with van der Waals surface area (Å²) in [6, 6.07) is 3.70. The predicted molar refractivity (Wildman–Crippen MR) is 82.3 cm³/mol. The number of hydrogen-bond donors (Lipinski definition) is 1. The van der Waals surface area contributed by atoms with Gasteiger partial charge in [0.1, 0.15) is 11.0 Å². The first-order valence-corrected chi connectivity index (χ1v) is 7.53. The fraction of sp³-hybridized carbons (Fsp3) is 0.600. The van der Waals surface area contributed by atoms with Crippen LogP contribution in [0.5, 0.6) is 0 Å². The minimum Gasteiger partial charge on any atom is -0.373 e. The maximum atomic E-state index is 12.6. The molecule has 1 N–H and O–H groups in total. The summed E-state index contributed by atoms with van der Waals surface area (Å²) in [4.78, 5) is 18.6. The molecule has 110 valence electrons. The summed E-state index contributed by atoms with van der Waals surface area (Å²) in [7, 11) is 3.65. The van der Waals surface area contributed by atoms with E-state index in [0.717, 1.165) is 6.42 Å². The lowest BCUT2D eigenvalue weighted by atomic mass is 9.85. The van der Waals surface area contributed by atoms with E-state index in [4.69, 9.17) is 11.6 Å². The molecule has 1 fully saturated rings. The topological polar surface area (TPSA) is 45.2 Å². The molecule has 1 aromatic rings. The van der Waals surface area contributed by atoms with Crippen LogP contribution in [0.3, 0.4) is 0 Å². The van der Waals surface area contributed by atoms with Gasteiger partial charge in [0.15, 0.2) is 0 Å². The van der Waals surface area contributed by atoms with Gasteiger partial charge in [-0.25, -0.2) is 4.98 Å². The van der Waals surface area contributed by atoms with Crippen molar-refractivity contribution in [3.05, 3.63) is 22.8 Å². The number of hydrogen-bond acceptors (Lipinski definition) is 3. The zero-order valence-corrected chi connectivity index (χ0v) is 13.1. The van der Waals surface area contributed by atoms with E-state index in [1.165, 1.54) is 19.3 Å². The van der Waals surface area contributed by atoms with E-state index in [-0.39, 0.29) is 5.91 Å². The van der Waals surface area contributed by atoms with E-state index in [2.05, 4.69) is 17.2 Å². The monoisotopic (exact) mass is 295 g/mol. The zero-order chi connectivity index (χ0) is 14.7. The standard InChI is InChI=1S/C15H22ClN3O/c1-10-6-4-5-7-12(10)19(3)15(20)11-8-13(16)18-14(9-11)17-2/h8-10,12H,4-7H2,1-3H3,(H,17,18). The molecule has 0 spiro atoms. The number of pyridine rings is 1. The quantitative estimate of drug-likeness (QED) is 0.869. The minimum absolute atomic E-state index is 0.0181. The van der Waals surface area contributed by atoms with Gasteiger partial charge in [-0.1, -0.05) is 31.4 Å². The molecule has 1 heterocycles. The lowest BCUT2D eigenvalue weighted by molar-refractivity contribution is 0.0629. The third kappa shape index (κ3) is 3.23. The average molecular weight is 296 g/mol. The Morgan fingerprint density at radius 2 is 2.10 bits per heavy atom. The lowest BCUT2D eigenvalue weighted by Gasteiger charge is -2.36. The predicted octanol–water partition coefficient (Wildman–Crippen LogP) is 3.43. The maximum Gasteiger partial charge on any atom is 0.254 e. The third-order valence-corrected chi connectivity index (χ3v) is 4.37. The van der Waals surface area contributed by atoms with Crippen LogP contribution in [0.2, 0.25) is 5.15 Å². The van der Waals surface area contributed by atoms with Crippen LogP contribution < -0.4 is 5.32 Å². The smallest absolute Gasteiger partial charge is 0.254 e. The summed E-state index contributed by atoms with van der Waals surface area (Å²) < 4.78 is 0. The van der Waals surface area contributed by atoms with E-state index in [0.29, 0.717) is 28.5 Å². The second-order valence-electron chi connectivity index (χ2n) is 5.56. The van der Waals surface area contributed by atoms with E-state index < -0.39 is 0 Å². The Kier molecular flexibility index (Phi) is 4.86. The minimum atomic E-state index is 0.0181. The van der Waals surface area contributed by atoms with Crippen molar-refractivity contribution in [2.24, 2.45) is 5.92 Å². The second-order valence-corrected chi connectivity index (χ2v) is 5.95. The van der Waals surface area contributed by atoms with Gasteiger partial charge in [-0.15, -0.1) is 0 Å². The van der Waals surface area contributed by atoms with E-state index >= 15 is 0 Å². The van der Waals surface area contributed by atoms with Gasteiger partial charge >= 0.3 is 0 Å². The lowest BCUT2D eigenvalue weighted by Crippen LogP contribution is -2.42. The van der Waals surface area contributed by atoms with Gasteiger partial charge < -0.3 is 10.2 Å². The molecule has 0 aromatic carbocycles. The Labute approximate surface area is 125 Å². The molecule has 2 unspecified atom stereocenters. The van der Waals surface area contributed by atoms with Crippen molar-refractivity contribution in [3.8, 4) is 0 Å². The normalized spacial score (nSPS) is 22.4. The van der Waals surface area contributed by atoms with Gasteiger partial charge in [-0.3, -0.25) is 4.79 Å². The molecule has 1 aliphatic rings. The summed E-state index contributed by atoms with van der Waals surface area (Å²) in [5.74, 6) is 1.19. The van der Waals surface area contributed by atoms with E-state index in [1.807, 2.05) is 11.9 Å². The Morgan fingerprint density at radius 1 is 1.40 bits per heavy atom. The van der Waals surface area contributed by atoms with Crippen LogP contribution in [0.15, 0.2) is 12.1 Å². The van der Waals surface area contributed by atoms with Crippen molar-refractivity contribution < 1.29 is 4.79 Å². The molecular weight excluding hydrogens is 274 g/mol. The Bertz CT molecular complexity index is 492. The SMILES string of the molecule is CNc1cc(C(=O)N(C)C2CCCCC2C)cc(Cl)n1. The number of carbonyl (C=O) groups excluding carboxylic acids is 1. The fourth-order valence-corrected chi connectivity index (χ4v) is 3.18. The highest BCUT2D eigenvalue weighted by atomic mass is 35.5. The highest BCUT2D eigenvalue weighted by Crippen LogP contribution is 2.28. The largest absolute Gasteiger partial charge is 0.373 e. The molecular formula is C15H22ClN3O. The van der Waals surface area contributed by atoms with Crippen molar-refractivity contribution >= 4 is 23.3 Å². The molecule has 5 heteroatoms. The van der Waals surface area contributed by atoms with Crippen LogP contribution in [0.4, 0.5) is 5.82 Å². The van der Waals surface area contributed by atoms with Crippen LogP contribution in [0, 0.1) is 5.92 Å². The molecule has 1 aromatic heterocycles. The first kappa shape index (κ1) is 15.1. The Balaban J connectivity index is 2.19. The number of rotatable bonds is 3. The third-order valence-electron chi connectivity index (χ3n) is 4.18. The van der Waals surface area contributed by atoms with Crippen molar-refractivity contribution in [1.29, 1.82) is 0 Å². The summed E-state index contributed by atoms with van der Waals surface area (Å²) in [5.41, 5.74) is 0.592. The molecule has 1 aliphatic carbocycles. The first-order valence-electron chi connectivity index (χ1n) is 7.15. The molecule has 1 amide bonds. The molecule has 2 atom stereocenters. The molecule has 2 rings (SSSR count). The zero-order valence-electron chi connectivity index (χ0n) is 12.3. The van der Waals surface area contributed by atoms with Crippen molar-refractivity contribution in [1.82, 2.24) is 9.88 Å². The van der Waals surface area contributed by atoms with Crippen LogP contribution in [-0.2, 0) is 0 Å². The summed E-state index contributed by atoms with van der Waals surface area (Å²) in [5, 5.41) is 3.26. The van der Waals surface area contributed by atoms with Crippen LogP contribution >= 0.6 is 11.6 Å². The maximum absolute atomic E-state index is 12.6. The number of aromatic nitrogens is 1. The van der Waals surface area contributed by atoms with Gasteiger partial charge in [0.05, 0.1) is 0 Å². The molecule has 0 saturated heterocycles. The van der Waals surface area contributed by atoms with Crippen LogP contribution in [0.25, 0.3) is 0 Å². The number of nitrogens with zero attached hydrogens (tertiary/aromatic N) is 2. The van der Waals surface area contributed by atoms with Gasteiger partial charge in [-0.2, -0.15) is 0 Å². The number of amides is 1. The first-order chi connectivity index (χ1) is 9.52. The molecule has 0 aliphatic heterocycles. The number of carbonyl (C=O) groups is 1. The van der Waals surface area contributed by atoms with E-state index in [9.17, 15) is 4.79 Å². The summed E-state index contributed by atoms with van der Waals surface area (Å²) >= 11 is 5.97. The summed E-state index contributed by atoms with van der Waals surface area (Å²) in [6.07, 6.45) is 4.75. The van der Waals surface area contributed by atoms with E-state index in [1.54, 1.807) is 19.2 Å². The average Bonchev–Trinajstić information content (AvgIpc) is 2.45. The summed E-state index contributed by atoms with van der Waals surface area (Å²) in [6.45, 7) is 2.23. The van der Waals surface area contributed by atoms with Crippen molar-refractivity contribution in [2.45, 2.75) is 38.6 Å². The second kappa shape index (κ2) is 6.44. The van der Waals surface area contributed by atoms with Crippen LogP contribution in [0.1, 0.15) is 43.0 Å². The molecule has 0 radical (unpaired) electrons. The van der Waals surface area contributed by atoms with Gasteiger partial charge in [0, 0.05) is 25.7 Å². The molecule has 0 bridgehead atoms. The van der Waals surface area contributed by atoms with Crippen molar-refractivity contribution in [2.75, 3.05) is 19.4 Å². The molecule has 4 nitrogen and oxygen atoms in total.